The van der Waals surface area contributed by atoms with Crippen molar-refractivity contribution < 1.29 is 14.6 Å². The summed E-state index contributed by atoms with van der Waals surface area (Å²) in [6.45, 7) is 3.01. The second kappa shape index (κ2) is 5.21. The van der Waals surface area contributed by atoms with Crippen molar-refractivity contribution in [1.82, 2.24) is 0 Å². The lowest BCUT2D eigenvalue weighted by molar-refractivity contribution is 0.0894. The van der Waals surface area contributed by atoms with E-state index in [2.05, 4.69) is 0 Å². The molecule has 0 spiro atoms. The molecular formula is C13H18O3. The maximum Gasteiger partial charge on any atom is 0.119 e. The Morgan fingerprint density at radius 2 is 1.75 bits per heavy atom. The molecule has 0 amide bonds. The van der Waals surface area contributed by atoms with Crippen molar-refractivity contribution >= 4 is 0 Å². The highest BCUT2D eigenvalue weighted by Gasteiger charge is 2.29. The van der Waals surface area contributed by atoms with Gasteiger partial charge in [-0.05, 0) is 49.9 Å². The third-order valence-electron chi connectivity index (χ3n) is 2.72. The van der Waals surface area contributed by atoms with E-state index in [0.717, 1.165) is 24.3 Å². The fourth-order valence-corrected chi connectivity index (χ4v) is 1.60. The summed E-state index contributed by atoms with van der Waals surface area (Å²) in [7, 11) is 0. The smallest absolute Gasteiger partial charge is 0.119 e. The summed E-state index contributed by atoms with van der Waals surface area (Å²) >= 11 is 0. The third kappa shape index (κ3) is 3.14. The number of benzene rings is 1. The van der Waals surface area contributed by atoms with Crippen LogP contribution in [0.2, 0.25) is 0 Å². The van der Waals surface area contributed by atoms with Crippen LogP contribution in [-0.4, -0.2) is 24.4 Å². The van der Waals surface area contributed by atoms with Crippen LogP contribution in [0.3, 0.4) is 0 Å². The summed E-state index contributed by atoms with van der Waals surface area (Å²) < 4.78 is 10.8. The number of rotatable bonds is 6. The van der Waals surface area contributed by atoms with Gasteiger partial charge in [0, 0.05) is 0 Å². The molecule has 1 aliphatic carbocycles. The lowest BCUT2D eigenvalue weighted by Gasteiger charge is -2.11. The highest BCUT2D eigenvalue weighted by Crippen LogP contribution is 2.32. The van der Waals surface area contributed by atoms with Crippen molar-refractivity contribution in [3.8, 4) is 11.5 Å². The molecule has 0 saturated heterocycles. The zero-order valence-corrected chi connectivity index (χ0v) is 9.56. The Labute approximate surface area is 96.0 Å². The van der Waals surface area contributed by atoms with E-state index in [1.165, 1.54) is 0 Å². The van der Waals surface area contributed by atoms with Gasteiger partial charge in [-0.2, -0.15) is 0 Å². The van der Waals surface area contributed by atoms with E-state index in [4.69, 9.17) is 9.47 Å². The first kappa shape index (κ1) is 11.3. The molecule has 3 nitrogen and oxygen atoms in total. The SMILES string of the molecule is CCOc1ccc(OCC(O)C2CC2)cc1. The van der Waals surface area contributed by atoms with Gasteiger partial charge in [0.25, 0.3) is 0 Å². The molecule has 1 aliphatic rings. The molecule has 2 rings (SSSR count). The van der Waals surface area contributed by atoms with Crippen molar-refractivity contribution in [3.63, 3.8) is 0 Å². The van der Waals surface area contributed by atoms with Crippen LogP contribution in [0.4, 0.5) is 0 Å². The molecule has 1 aromatic rings. The monoisotopic (exact) mass is 222 g/mol. The topological polar surface area (TPSA) is 38.7 Å². The van der Waals surface area contributed by atoms with Crippen LogP contribution in [0, 0.1) is 5.92 Å². The molecule has 1 fully saturated rings. The average molecular weight is 222 g/mol. The zero-order chi connectivity index (χ0) is 11.4. The summed E-state index contributed by atoms with van der Waals surface area (Å²) in [5, 5.41) is 9.64. The Morgan fingerprint density at radius 1 is 1.19 bits per heavy atom. The molecule has 0 radical (unpaired) electrons. The summed E-state index contributed by atoms with van der Waals surface area (Å²) in [6, 6.07) is 7.49. The first-order chi connectivity index (χ1) is 7.79. The van der Waals surface area contributed by atoms with Gasteiger partial charge in [0.05, 0.1) is 12.7 Å². The maximum absolute atomic E-state index is 9.64. The predicted octanol–water partition coefficient (Wildman–Crippen LogP) is 2.24. The minimum atomic E-state index is -0.313. The molecule has 88 valence electrons. The molecule has 1 N–H and O–H groups in total. The van der Waals surface area contributed by atoms with E-state index in [9.17, 15) is 5.11 Å². The van der Waals surface area contributed by atoms with Gasteiger partial charge in [-0.3, -0.25) is 0 Å². The summed E-state index contributed by atoms with van der Waals surface area (Å²) in [6.07, 6.45) is 1.95. The van der Waals surface area contributed by atoms with Gasteiger partial charge in [0.2, 0.25) is 0 Å². The minimum absolute atomic E-state index is 0.313. The first-order valence-electron chi connectivity index (χ1n) is 5.83. The van der Waals surface area contributed by atoms with Crippen LogP contribution in [0.15, 0.2) is 24.3 Å². The lowest BCUT2D eigenvalue weighted by atomic mass is 10.2. The largest absolute Gasteiger partial charge is 0.494 e. The van der Waals surface area contributed by atoms with Crippen molar-refractivity contribution in [1.29, 1.82) is 0 Å². The molecule has 1 unspecified atom stereocenters. The minimum Gasteiger partial charge on any atom is -0.494 e. The Kier molecular flexibility index (Phi) is 3.67. The van der Waals surface area contributed by atoms with Crippen LogP contribution in [-0.2, 0) is 0 Å². The van der Waals surface area contributed by atoms with E-state index >= 15 is 0 Å². The van der Waals surface area contributed by atoms with Gasteiger partial charge in [0.1, 0.15) is 18.1 Å². The van der Waals surface area contributed by atoms with Gasteiger partial charge in [-0.1, -0.05) is 0 Å². The van der Waals surface area contributed by atoms with Crippen LogP contribution < -0.4 is 9.47 Å². The first-order valence-corrected chi connectivity index (χ1v) is 5.83. The molecule has 0 bridgehead atoms. The van der Waals surface area contributed by atoms with E-state index in [0.29, 0.717) is 19.1 Å². The Balaban J connectivity index is 1.79. The normalized spacial score (nSPS) is 16.9. The molecule has 1 saturated carbocycles. The van der Waals surface area contributed by atoms with Crippen molar-refractivity contribution in [2.75, 3.05) is 13.2 Å². The summed E-state index contributed by atoms with van der Waals surface area (Å²) in [4.78, 5) is 0. The fourth-order valence-electron chi connectivity index (χ4n) is 1.60. The molecular weight excluding hydrogens is 204 g/mol. The van der Waals surface area contributed by atoms with Crippen LogP contribution in [0.5, 0.6) is 11.5 Å². The molecule has 1 aromatic carbocycles. The number of aliphatic hydroxyl groups is 1. The lowest BCUT2D eigenvalue weighted by Crippen LogP contribution is -2.19. The van der Waals surface area contributed by atoms with Crippen molar-refractivity contribution in [2.24, 2.45) is 5.92 Å². The van der Waals surface area contributed by atoms with Gasteiger partial charge >= 0.3 is 0 Å². The zero-order valence-electron chi connectivity index (χ0n) is 9.56. The maximum atomic E-state index is 9.64. The number of aliphatic hydroxyl groups excluding tert-OH is 1. The average Bonchev–Trinajstić information content (AvgIpc) is 3.12. The van der Waals surface area contributed by atoms with Gasteiger partial charge < -0.3 is 14.6 Å². The predicted molar refractivity (Wildman–Crippen MR) is 61.8 cm³/mol. The molecule has 16 heavy (non-hydrogen) atoms. The van der Waals surface area contributed by atoms with Gasteiger partial charge in [-0.15, -0.1) is 0 Å². The standard InChI is InChI=1S/C13H18O3/c1-2-15-11-5-7-12(8-6-11)16-9-13(14)10-3-4-10/h5-8,10,13-14H,2-4,9H2,1H3. The molecule has 0 heterocycles. The van der Waals surface area contributed by atoms with Crippen molar-refractivity contribution in [2.45, 2.75) is 25.9 Å². The quantitative estimate of drug-likeness (QED) is 0.802. The van der Waals surface area contributed by atoms with E-state index in [-0.39, 0.29) is 6.10 Å². The van der Waals surface area contributed by atoms with Crippen LogP contribution >= 0.6 is 0 Å². The van der Waals surface area contributed by atoms with E-state index in [1.807, 2.05) is 31.2 Å². The van der Waals surface area contributed by atoms with Crippen molar-refractivity contribution in [3.05, 3.63) is 24.3 Å². The highest BCUT2D eigenvalue weighted by molar-refractivity contribution is 5.31. The highest BCUT2D eigenvalue weighted by atomic mass is 16.5. The molecule has 0 aromatic heterocycles. The number of hydrogen-bond acceptors (Lipinski definition) is 3. The van der Waals surface area contributed by atoms with Gasteiger partial charge in [0.15, 0.2) is 0 Å². The fraction of sp³-hybridized carbons (Fsp3) is 0.538. The Morgan fingerprint density at radius 3 is 2.25 bits per heavy atom. The number of ether oxygens (including phenoxy) is 2. The number of hydrogen-bond donors (Lipinski definition) is 1. The molecule has 1 atom stereocenters. The second-order valence-corrected chi connectivity index (χ2v) is 4.12. The Hall–Kier alpha value is -1.22. The van der Waals surface area contributed by atoms with Gasteiger partial charge in [-0.25, -0.2) is 0 Å². The van der Waals surface area contributed by atoms with Crippen LogP contribution in [0.1, 0.15) is 19.8 Å². The van der Waals surface area contributed by atoms with E-state index in [1.54, 1.807) is 0 Å². The summed E-state index contributed by atoms with van der Waals surface area (Å²) in [5.41, 5.74) is 0. The molecule has 3 heteroatoms. The third-order valence-corrected chi connectivity index (χ3v) is 2.72. The van der Waals surface area contributed by atoms with E-state index < -0.39 is 0 Å². The Bertz CT molecular complexity index is 316. The second-order valence-electron chi connectivity index (χ2n) is 4.12. The van der Waals surface area contributed by atoms with Crippen LogP contribution in [0.25, 0.3) is 0 Å². The summed E-state index contributed by atoms with van der Waals surface area (Å²) in [5.74, 6) is 2.09. The molecule has 0 aliphatic heterocycles.